The Hall–Kier alpha value is -0.200. The van der Waals surface area contributed by atoms with Crippen molar-refractivity contribution < 1.29 is 25.5 Å². The van der Waals surface area contributed by atoms with E-state index in [9.17, 15) is 25.5 Å². The Morgan fingerprint density at radius 2 is 1.64 bits per heavy atom. The monoisotopic (exact) mass is 354 g/mol. The fraction of sp³-hybridized carbons (Fsp3) is 1.00. The van der Waals surface area contributed by atoms with Crippen LogP contribution in [0.5, 0.6) is 0 Å². The largest absolute Gasteiger partial charge is 0.396 e. The van der Waals surface area contributed by atoms with Crippen LogP contribution in [0.4, 0.5) is 0 Å². The first-order valence-electron chi connectivity index (χ1n) is 9.97. The van der Waals surface area contributed by atoms with Gasteiger partial charge in [-0.3, -0.25) is 0 Å². The van der Waals surface area contributed by atoms with Gasteiger partial charge in [0.05, 0.1) is 31.0 Å². The van der Waals surface area contributed by atoms with Crippen LogP contribution in [0, 0.1) is 34.0 Å². The lowest BCUT2D eigenvalue weighted by molar-refractivity contribution is -0.248. The molecule has 0 unspecified atom stereocenters. The van der Waals surface area contributed by atoms with Gasteiger partial charge >= 0.3 is 0 Å². The third-order valence-corrected chi connectivity index (χ3v) is 9.48. The standard InChI is InChI=1S/C20H34O5/c1-17(10-21)15(24)3-4-18(2)16(17)14(23)8-12-7-13-9-19(12,18)5-6-20(13,25)11-22/h12-16,21-25H,3-11H2,1-2H3/t12-,13-,14-,15-,16+,17-,18+,19+,20+/m0/s1. The van der Waals surface area contributed by atoms with E-state index in [0.29, 0.717) is 25.2 Å². The van der Waals surface area contributed by atoms with Gasteiger partial charge in [0.25, 0.3) is 0 Å². The van der Waals surface area contributed by atoms with Gasteiger partial charge in [0.1, 0.15) is 0 Å². The third kappa shape index (κ3) is 2.02. The summed E-state index contributed by atoms with van der Waals surface area (Å²) < 4.78 is 0. The van der Waals surface area contributed by atoms with E-state index >= 15 is 0 Å². The molecule has 0 aromatic rings. The minimum absolute atomic E-state index is 0.0412. The van der Waals surface area contributed by atoms with Crippen molar-refractivity contribution in [1.29, 1.82) is 0 Å². The minimum atomic E-state index is -0.978. The van der Waals surface area contributed by atoms with Crippen LogP contribution in [0.25, 0.3) is 0 Å². The van der Waals surface area contributed by atoms with Crippen LogP contribution in [0.15, 0.2) is 0 Å². The molecule has 1 spiro atoms. The molecular formula is C20H34O5. The highest BCUT2D eigenvalue weighted by molar-refractivity contribution is 5.21. The van der Waals surface area contributed by atoms with Gasteiger partial charge in [-0.15, -0.1) is 0 Å². The Morgan fingerprint density at radius 1 is 0.920 bits per heavy atom. The van der Waals surface area contributed by atoms with Gasteiger partial charge in [-0.05, 0) is 67.6 Å². The van der Waals surface area contributed by atoms with E-state index in [1.165, 1.54) is 0 Å². The highest BCUT2D eigenvalue weighted by Gasteiger charge is 2.72. The number of fused-ring (bicyclic) bond motifs is 2. The number of hydrogen-bond donors (Lipinski definition) is 5. The minimum Gasteiger partial charge on any atom is -0.396 e. The predicted octanol–water partition coefficient (Wildman–Crippen LogP) is 1.06. The Bertz CT molecular complexity index is 554. The average Bonchev–Trinajstić information content (AvgIpc) is 2.92. The summed E-state index contributed by atoms with van der Waals surface area (Å²) in [5.41, 5.74) is -1.78. The zero-order chi connectivity index (χ0) is 18.3. The third-order valence-electron chi connectivity index (χ3n) is 9.48. The highest BCUT2D eigenvalue weighted by Crippen LogP contribution is 2.75. The second-order valence-corrected chi connectivity index (χ2v) is 10.2. The van der Waals surface area contributed by atoms with Gasteiger partial charge in [-0.1, -0.05) is 13.8 Å². The lowest BCUT2D eigenvalue weighted by Crippen LogP contribution is -2.66. The lowest BCUT2D eigenvalue weighted by atomic mass is 9.38. The maximum absolute atomic E-state index is 11.1. The van der Waals surface area contributed by atoms with Crippen LogP contribution in [0.1, 0.15) is 58.8 Å². The molecule has 0 aliphatic heterocycles. The van der Waals surface area contributed by atoms with E-state index in [1.54, 1.807) is 0 Å². The molecule has 4 rings (SSSR count). The second kappa shape index (κ2) is 5.41. The van der Waals surface area contributed by atoms with Gasteiger partial charge in [0.2, 0.25) is 0 Å². The van der Waals surface area contributed by atoms with Gasteiger partial charge in [-0.2, -0.15) is 0 Å². The van der Waals surface area contributed by atoms with Crippen LogP contribution in [0.3, 0.4) is 0 Å². The molecular weight excluding hydrogens is 320 g/mol. The molecule has 5 nitrogen and oxygen atoms in total. The van der Waals surface area contributed by atoms with Gasteiger partial charge < -0.3 is 25.5 Å². The van der Waals surface area contributed by atoms with Crippen LogP contribution >= 0.6 is 0 Å². The number of aliphatic hydroxyl groups excluding tert-OH is 4. The molecule has 9 atom stereocenters. The molecule has 5 N–H and O–H groups in total. The molecule has 5 heteroatoms. The Morgan fingerprint density at radius 3 is 2.28 bits per heavy atom. The van der Waals surface area contributed by atoms with E-state index in [1.807, 2.05) is 6.92 Å². The van der Waals surface area contributed by atoms with E-state index < -0.39 is 23.2 Å². The van der Waals surface area contributed by atoms with Crippen LogP contribution < -0.4 is 0 Å². The summed E-state index contributed by atoms with van der Waals surface area (Å²) in [7, 11) is 0. The van der Waals surface area contributed by atoms with Gasteiger partial charge in [-0.25, -0.2) is 0 Å². The lowest BCUT2D eigenvalue weighted by Gasteiger charge is -2.67. The summed E-state index contributed by atoms with van der Waals surface area (Å²) in [6.45, 7) is 3.89. The highest BCUT2D eigenvalue weighted by atomic mass is 16.3. The molecule has 0 radical (unpaired) electrons. The topological polar surface area (TPSA) is 101 Å². The molecule has 0 heterocycles. The maximum Gasteiger partial charge on any atom is 0.0905 e. The summed E-state index contributed by atoms with van der Waals surface area (Å²) in [6.07, 6.45) is 4.31. The van der Waals surface area contributed by atoms with Crippen LogP contribution in [-0.4, -0.2) is 56.6 Å². The van der Waals surface area contributed by atoms with Crippen molar-refractivity contribution in [3.63, 3.8) is 0 Å². The molecule has 0 aromatic heterocycles. The summed E-state index contributed by atoms with van der Waals surface area (Å²) >= 11 is 0. The summed E-state index contributed by atoms with van der Waals surface area (Å²) in [5.74, 6) is 0.308. The number of hydrogen-bond acceptors (Lipinski definition) is 5. The Kier molecular flexibility index (Phi) is 3.94. The number of rotatable bonds is 2. The fourth-order valence-corrected chi connectivity index (χ4v) is 8.04. The molecule has 0 aromatic carbocycles. The van der Waals surface area contributed by atoms with Crippen LogP contribution in [-0.2, 0) is 0 Å². The summed E-state index contributed by atoms with van der Waals surface area (Å²) in [6, 6.07) is 0. The molecule has 0 saturated heterocycles. The van der Waals surface area contributed by atoms with Crippen molar-refractivity contribution in [1.82, 2.24) is 0 Å². The summed E-state index contributed by atoms with van der Waals surface area (Å²) in [4.78, 5) is 0. The Labute approximate surface area is 150 Å². The molecule has 2 bridgehead atoms. The van der Waals surface area contributed by atoms with Crippen molar-refractivity contribution in [2.45, 2.75) is 76.6 Å². The molecule has 4 saturated carbocycles. The van der Waals surface area contributed by atoms with Crippen molar-refractivity contribution in [3.8, 4) is 0 Å². The van der Waals surface area contributed by atoms with Crippen LogP contribution in [0.2, 0.25) is 0 Å². The first-order valence-corrected chi connectivity index (χ1v) is 9.97. The first-order chi connectivity index (χ1) is 11.7. The zero-order valence-electron chi connectivity index (χ0n) is 15.5. The van der Waals surface area contributed by atoms with Gasteiger partial charge in [0, 0.05) is 11.3 Å². The summed E-state index contributed by atoms with van der Waals surface area (Å²) in [5, 5.41) is 52.4. The van der Waals surface area contributed by atoms with Gasteiger partial charge in [0.15, 0.2) is 0 Å². The quantitative estimate of drug-likeness (QED) is 0.510. The molecule has 4 aliphatic rings. The smallest absolute Gasteiger partial charge is 0.0905 e. The normalized spacial score (nSPS) is 60.8. The van der Waals surface area contributed by atoms with Crippen molar-refractivity contribution >= 4 is 0 Å². The molecule has 4 fully saturated rings. The molecule has 25 heavy (non-hydrogen) atoms. The van der Waals surface area contributed by atoms with Crippen molar-refractivity contribution in [3.05, 3.63) is 0 Å². The molecule has 4 aliphatic carbocycles. The first kappa shape index (κ1) is 18.2. The maximum atomic E-state index is 11.1. The van der Waals surface area contributed by atoms with E-state index in [-0.39, 0.29) is 35.9 Å². The second-order valence-electron chi connectivity index (χ2n) is 10.2. The zero-order valence-corrected chi connectivity index (χ0v) is 15.5. The van der Waals surface area contributed by atoms with E-state index in [0.717, 1.165) is 25.7 Å². The Balaban J connectivity index is 1.79. The van der Waals surface area contributed by atoms with E-state index in [2.05, 4.69) is 6.92 Å². The molecule has 144 valence electrons. The fourth-order valence-electron chi connectivity index (χ4n) is 8.04. The number of aliphatic hydroxyl groups is 5. The molecule has 0 amide bonds. The van der Waals surface area contributed by atoms with Crippen molar-refractivity contribution in [2.24, 2.45) is 34.0 Å². The van der Waals surface area contributed by atoms with E-state index in [4.69, 9.17) is 0 Å². The van der Waals surface area contributed by atoms with Crippen molar-refractivity contribution in [2.75, 3.05) is 13.2 Å². The average molecular weight is 354 g/mol. The SMILES string of the molecule is C[C@@]1(CO)[C@H]2[C@@H](O)C[C@@H]3C[C@H]4C[C@@]3(CC[C@@]4(O)CO)[C@]2(C)CC[C@@H]1O. The predicted molar refractivity (Wildman–Crippen MR) is 92.6 cm³/mol.